The van der Waals surface area contributed by atoms with Gasteiger partial charge in [0.05, 0.1) is 0 Å². The van der Waals surface area contributed by atoms with Gasteiger partial charge in [0.15, 0.2) is 14.3 Å². The maximum absolute atomic E-state index is 16.6. The molecule has 0 N–H and O–H groups in total. The number of rotatable bonds is 11. The maximum Gasteiger partial charge on any atom is 0.171 e. The highest BCUT2D eigenvalue weighted by molar-refractivity contribution is 7.86. The molecule has 266 valence electrons. The highest BCUT2D eigenvalue weighted by atomic mass is 31.2. The summed E-state index contributed by atoms with van der Waals surface area (Å²) in [5.41, 5.74) is 4.28. The van der Waals surface area contributed by atoms with E-state index in [2.05, 4.69) is 74.5 Å². The zero-order valence-corrected chi connectivity index (χ0v) is 32.6. The molecular weight excluding hydrogens is 694 g/mol. The van der Waals surface area contributed by atoms with Crippen LogP contribution in [0.25, 0.3) is 32.7 Å². The van der Waals surface area contributed by atoms with Crippen LogP contribution in [0, 0.1) is 0 Å². The summed E-state index contributed by atoms with van der Waals surface area (Å²) in [6.45, 7) is 4.42. The van der Waals surface area contributed by atoms with Crippen molar-refractivity contribution in [3.8, 4) is 11.1 Å². The van der Waals surface area contributed by atoms with E-state index in [0.717, 1.165) is 90.2 Å². The first-order valence-corrected chi connectivity index (χ1v) is 22.4. The number of hydrogen-bond acceptors (Lipinski definition) is 2. The normalized spacial score (nSPS) is 12.0. The van der Waals surface area contributed by atoms with Gasteiger partial charge in [-0.3, -0.25) is 0 Å². The monoisotopic (exact) mass is 738 g/mol. The second-order valence-corrected chi connectivity index (χ2v) is 19.5. The van der Waals surface area contributed by atoms with Crippen molar-refractivity contribution in [2.24, 2.45) is 0 Å². The van der Waals surface area contributed by atoms with Crippen molar-refractivity contribution in [1.29, 1.82) is 0 Å². The van der Waals surface area contributed by atoms with Crippen molar-refractivity contribution in [3.05, 3.63) is 193 Å². The molecule has 0 amide bonds. The van der Waals surface area contributed by atoms with E-state index in [4.69, 9.17) is 0 Å². The van der Waals surface area contributed by atoms with Gasteiger partial charge in [0.1, 0.15) is 0 Å². The first-order chi connectivity index (χ1) is 26.5. The molecule has 8 rings (SSSR count). The van der Waals surface area contributed by atoms with Gasteiger partial charge in [-0.25, -0.2) is 0 Å². The molecule has 0 aliphatic rings. The average Bonchev–Trinajstić information content (AvgIpc) is 3.24. The molecule has 0 saturated carbocycles. The first-order valence-electron chi connectivity index (χ1n) is 19.0. The van der Waals surface area contributed by atoms with E-state index in [1.807, 2.05) is 121 Å². The third kappa shape index (κ3) is 6.09. The smallest absolute Gasteiger partial charge is 0.171 e. The van der Waals surface area contributed by atoms with E-state index < -0.39 is 14.3 Å². The predicted octanol–water partition coefficient (Wildman–Crippen LogP) is 10.8. The topological polar surface area (TPSA) is 34.1 Å². The van der Waals surface area contributed by atoms with Crippen LogP contribution in [0.5, 0.6) is 0 Å². The maximum atomic E-state index is 16.6. The van der Waals surface area contributed by atoms with Gasteiger partial charge in [-0.1, -0.05) is 197 Å². The summed E-state index contributed by atoms with van der Waals surface area (Å²) in [4.78, 5) is 0. The molecule has 0 aliphatic heterocycles. The van der Waals surface area contributed by atoms with Crippen molar-refractivity contribution >= 4 is 67.7 Å². The highest BCUT2D eigenvalue weighted by Crippen LogP contribution is 2.52. The Balaban J connectivity index is 1.63. The van der Waals surface area contributed by atoms with Gasteiger partial charge in [0.25, 0.3) is 0 Å². The van der Waals surface area contributed by atoms with Gasteiger partial charge in [0.2, 0.25) is 0 Å². The molecule has 0 heterocycles. The zero-order chi connectivity index (χ0) is 37.1. The molecule has 0 aromatic heterocycles. The van der Waals surface area contributed by atoms with Crippen LogP contribution in [0.4, 0.5) is 0 Å². The molecule has 0 saturated heterocycles. The van der Waals surface area contributed by atoms with Gasteiger partial charge in [-0.05, 0) is 57.6 Å². The lowest BCUT2D eigenvalue weighted by molar-refractivity contribution is 0.591. The lowest BCUT2D eigenvalue weighted by atomic mass is 9.90. The minimum atomic E-state index is -3.52. The Labute approximate surface area is 319 Å². The average molecular weight is 739 g/mol. The molecular formula is C50H44O2P2. The summed E-state index contributed by atoms with van der Waals surface area (Å²) in [6.07, 6.45) is 3.83. The number of benzene rings is 8. The van der Waals surface area contributed by atoms with Gasteiger partial charge in [0, 0.05) is 43.0 Å². The Kier molecular flexibility index (Phi) is 10.1. The Bertz CT molecular complexity index is 2400. The summed E-state index contributed by atoms with van der Waals surface area (Å²) < 4.78 is 33.2. The van der Waals surface area contributed by atoms with Crippen molar-refractivity contribution in [2.45, 2.75) is 39.5 Å². The Hall–Kier alpha value is -5.26. The van der Waals surface area contributed by atoms with E-state index in [1.54, 1.807) is 0 Å². The largest absolute Gasteiger partial charge is 0.309 e. The van der Waals surface area contributed by atoms with Crippen LogP contribution in [0.15, 0.2) is 182 Å². The minimum absolute atomic E-state index is 0.753. The summed E-state index contributed by atoms with van der Waals surface area (Å²) in [6, 6.07) is 61.4. The Morgan fingerprint density at radius 1 is 0.333 bits per heavy atom. The van der Waals surface area contributed by atoms with Crippen LogP contribution in [0.2, 0.25) is 0 Å². The van der Waals surface area contributed by atoms with Crippen LogP contribution in [-0.4, -0.2) is 0 Å². The summed E-state index contributed by atoms with van der Waals surface area (Å²) in [5, 5.41) is 8.88. The fourth-order valence-electron chi connectivity index (χ4n) is 8.25. The zero-order valence-electron chi connectivity index (χ0n) is 30.9. The third-order valence-electron chi connectivity index (χ3n) is 10.7. The van der Waals surface area contributed by atoms with E-state index >= 15 is 9.13 Å². The lowest BCUT2D eigenvalue weighted by Gasteiger charge is -2.29. The summed E-state index contributed by atoms with van der Waals surface area (Å²) in [7, 11) is -7.05. The second-order valence-electron chi connectivity index (χ2n) is 14.0. The SMILES string of the molecule is CCCc1cccc2c(-c3c(P(=O)(c4ccccc4)c4ccccc4)ccc4c(CCC)cccc34)c(P(=O)(c3ccccc3)c3ccccc3)ccc12. The summed E-state index contributed by atoms with van der Waals surface area (Å²) >= 11 is 0. The Morgan fingerprint density at radius 3 is 0.944 bits per heavy atom. The number of hydrogen-bond donors (Lipinski definition) is 0. The standard InChI is InChI=1S/C50H44O2P2/c1-3-19-37-21-17-31-45-43(37)33-35-47(53(51,39-23-9-5-10-24-39)40-25-11-6-12-26-40)49(45)50-46-32-18-22-38(20-4-2)44(46)34-36-48(50)54(52,41-27-13-7-14-28-41)42-29-15-8-16-30-42/h5-18,21-36H,3-4,19-20H2,1-2H3. The molecule has 54 heavy (non-hydrogen) atoms. The number of fused-ring (bicyclic) bond motifs is 2. The minimum Gasteiger partial charge on any atom is -0.309 e. The molecule has 0 atom stereocenters. The van der Waals surface area contributed by atoms with Crippen LogP contribution in [-0.2, 0) is 22.0 Å². The van der Waals surface area contributed by atoms with E-state index in [0.29, 0.717) is 0 Å². The Morgan fingerprint density at radius 2 is 0.648 bits per heavy atom. The third-order valence-corrected chi connectivity index (χ3v) is 16.9. The van der Waals surface area contributed by atoms with Crippen LogP contribution < -0.4 is 31.8 Å². The van der Waals surface area contributed by atoms with Gasteiger partial charge >= 0.3 is 0 Å². The molecule has 0 radical (unpaired) electrons. The quantitative estimate of drug-likeness (QED) is 0.124. The van der Waals surface area contributed by atoms with Crippen molar-refractivity contribution in [2.75, 3.05) is 0 Å². The molecule has 0 spiro atoms. The molecule has 8 aromatic carbocycles. The highest BCUT2D eigenvalue weighted by Gasteiger charge is 2.38. The summed E-state index contributed by atoms with van der Waals surface area (Å²) in [5.74, 6) is 0. The van der Waals surface area contributed by atoms with E-state index in [1.165, 1.54) is 11.1 Å². The van der Waals surface area contributed by atoms with E-state index in [9.17, 15) is 0 Å². The van der Waals surface area contributed by atoms with Crippen molar-refractivity contribution in [3.63, 3.8) is 0 Å². The number of aryl methyl sites for hydroxylation is 2. The van der Waals surface area contributed by atoms with Gasteiger partial charge in [-0.2, -0.15) is 0 Å². The molecule has 4 heteroatoms. The predicted molar refractivity (Wildman–Crippen MR) is 234 cm³/mol. The molecule has 0 fully saturated rings. The van der Waals surface area contributed by atoms with E-state index in [-0.39, 0.29) is 0 Å². The van der Waals surface area contributed by atoms with Crippen LogP contribution in [0.1, 0.15) is 37.8 Å². The fourth-order valence-corrected chi connectivity index (χ4v) is 14.0. The van der Waals surface area contributed by atoms with Crippen molar-refractivity contribution in [1.82, 2.24) is 0 Å². The fraction of sp³-hybridized carbons (Fsp3) is 0.120. The van der Waals surface area contributed by atoms with Crippen molar-refractivity contribution < 1.29 is 9.13 Å². The van der Waals surface area contributed by atoms with Crippen LogP contribution in [0.3, 0.4) is 0 Å². The molecule has 0 unspecified atom stereocenters. The molecule has 8 aromatic rings. The molecule has 0 bridgehead atoms. The molecule has 0 aliphatic carbocycles. The first kappa shape index (κ1) is 35.8. The van der Waals surface area contributed by atoms with Gasteiger partial charge in [-0.15, -0.1) is 0 Å². The van der Waals surface area contributed by atoms with Crippen LogP contribution >= 0.6 is 14.3 Å². The molecule has 2 nitrogen and oxygen atoms in total. The lowest BCUT2D eigenvalue weighted by Crippen LogP contribution is -2.30. The van der Waals surface area contributed by atoms with Gasteiger partial charge < -0.3 is 9.13 Å². The second kappa shape index (κ2) is 15.2.